The zero-order valence-corrected chi connectivity index (χ0v) is 17.3. The van der Waals surface area contributed by atoms with Crippen LogP contribution in [0.25, 0.3) is 11.2 Å². The second kappa shape index (κ2) is 7.40. The number of nitrogens with zero attached hydrogens (tertiary/aromatic N) is 4. The van der Waals surface area contributed by atoms with Crippen molar-refractivity contribution in [2.45, 2.75) is 24.9 Å². The van der Waals surface area contributed by atoms with Crippen LogP contribution < -0.4 is 5.73 Å². The first kappa shape index (κ1) is 20.9. The molecule has 3 heterocycles. The molecule has 14 heteroatoms. The lowest BCUT2D eigenvalue weighted by Crippen LogP contribution is -2.38. The van der Waals surface area contributed by atoms with Gasteiger partial charge in [-0.15, -0.1) is 0 Å². The van der Waals surface area contributed by atoms with Crippen molar-refractivity contribution >= 4 is 36.4 Å². The lowest BCUT2D eigenvalue weighted by atomic mass is 9.94. The van der Waals surface area contributed by atoms with Crippen molar-refractivity contribution in [1.29, 1.82) is 0 Å². The molecule has 1 aliphatic carbocycles. The molecule has 12 nitrogen and oxygen atoms in total. The Balaban J connectivity index is 1.49. The van der Waals surface area contributed by atoms with Crippen molar-refractivity contribution in [3.8, 4) is 0 Å². The van der Waals surface area contributed by atoms with Gasteiger partial charge in [-0.2, -0.15) is 9.97 Å². The Morgan fingerprint density at radius 2 is 2.14 bits per heavy atom. The fourth-order valence-electron chi connectivity index (χ4n) is 4.04. The van der Waals surface area contributed by atoms with Gasteiger partial charge in [-0.3, -0.25) is 13.6 Å². The first-order chi connectivity index (χ1) is 13.8. The van der Waals surface area contributed by atoms with E-state index in [1.807, 2.05) is 0 Å². The van der Waals surface area contributed by atoms with Gasteiger partial charge in [0, 0.05) is 26.7 Å². The number of hydrogen-bond acceptors (Lipinski definition) is 11. The second-order valence-corrected chi connectivity index (χ2v) is 9.19. The Hall–Kier alpha value is -1.37. The number of nitrogens with two attached hydrogens (primary N) is 1. The van der Waals surface area contributed by atoms with Crippen LogP contribution in [0.1, 0.15) is 0 Å². The number of aliphatic hydroxyl groups excluding tert-OH is 2. The molecule has 2 fully saturated rings. The van der Waals surface area contributed by atoms with E-state index in [1.165, 1.54) is 14.2 Å². The largest absolute Gasteiger partial charge is 0.474 e. The third kappa shape index (κ3) is 3.24. The molecule has 2 aromatic heterocycles. The highest BCUT2D eigenvalue weighted by Gasteiger charge is 2.75. The van der Waals surface area contributed by atoms with Gasteiger partial charge in [0.15, 0.2) is 11.5 Å². The minimum atomic E-state index is -3.70. The predicted octanol–water partition coefficient (Wildman–Crippen LogP) is 0.216. The van der Waals surface area contributed by atoms with Crippen LogP contribution in [0.2, 0.25) is 5.28 Å². The lowest BCUT2D eigenvalue weighted by molar-refractivity contribution is -0.0528. The Bertz CT molecular complexity index is 968. The van der Waals surface area contributed by atoms with E-state index in [4.69, 9.17) is 35.6 Å². The van der Waals surface area contributed by atoms with E-state index in [0.717, 1.165) is 0 Å². The summed E-state index contributed by atoms with van der Waals surface area (Å²) in [7, 11) is -1.32. The van der Waals surface area contributed by atoms with Gasteiger partial charge in [0.25, 0.3) is 0 Å². The smallest absolute Gasteiger partial charge is 0.396 e. The average Bonchev–Trinajstić information content (AvgIpc) is 2.95. The maximum atomic E-state index is 12.0. The van der Waals surface area contributed by atoms with E-state index in [-0.39, 0.29) is 30.2 Å². The maximum absolute atomic E-state index is 12.0. The van der Waals surface area contributed by atoms with Crippen molar-refractivity contribution in [3.05, 3.63) is 11.6 Å². The third-order valence-corrected chi connectivity index (χ3v) is 7.20. The van der Waals surface area contributed by atoms with E-state index in [1.54, 1.807) is 10.9 Å². The number of halogens is 1. The SMILES string of the molecule is COP(=O)(OC)OC[C@H]1OC2[C@@H](Cn3cnc4c(N)nc(Cl)nc43)C2(CO)C1O. The maximum Gasteiger partial charge on any atom is 0.474 e. The molecule has 0 bridgehead atoms. The molecular formula is C15H21ClN5O7P. The van der Waals surface area contributed by atoms with E-state index >= 15 is 0 Å². The molecule has 29 heavy (non-hydrogen) atoms. The van der Waals surface area contributed by atoms with Crippen molar-refractivity contribution in [2.24, 2.45) is 11.3 Å². The highest BCUT2D eigenvalue weighted by molar-refractivity contribution is 7.48. The molecule has 1 aliphatic heterocycles. The molecule has 2 aliphatic rings. The number of fused-ring (bicyclic) bond motifs is 2. The molecule has 2 aromatic rings. The van der Waals surface area contributed by atoms with Crippen LogP contribution in [-0.4, -0.2) is 75.5 Å². The summed E-state index contributed by atoms with van der Waals surface area (Å²) in [5, 5.41) is 20.8. The number of anilines is 1. The van der Waals surface area contributed by atoms with Gasteiger partial charge in [0.05, 0.1) is 37.2 Å². The summed E-state index contributed by atoms with van der Waals surface area (Å²) in [6.07, 6.45) is -0.699. The van der Waals surface area contributed by atoms with Crippen LogP contribution in [0.5, 0.6) is 0 Å². The van der Waals surface area contributed by atoms with Gasteiger partial charge in [0.1, 0.15) is 11.6 Å². The van der Waals surface area contributed by atoms with E-state index in [2.05, 4.69) is 15.0 Å². The molecule has 3 unspecified atom stereocenters. The second-order valence-electron chi connectivity index (χ2n) is 6.97. The molecule has 0 radical (unpaired) electrons. The highest BCUT2D eigenvalue weighted by atomic mass is 35.5. The Labute approximate surface area is 170 Å². The molecule has 0 amide bonds. The molecule has 1 saturated carbocycles. The van der Waals surface area contributed by atoms with Crippen molar-refractivity contribution in [2.75, 3.05) is 33.2 Å². The van der Waals surface area contributed by atoms with Crippen LogP contribution in [0, 0.1) is 11.3 Å². The first-order valence-corrected chi connectivity index (χ1v) is 10.6. The quantitative estimate of drug-likeness (QED) is 0.372. The fourth-order valence-corrected chi connectivity index (χ4v) is 4.91. The number of rotatable bonds is 8. The first-order valence-electron chi connectivity index (χ1n) is 8.74. The molecule has 160 valence electrons. The van der Waals surface area contributed by atoms with Crippen molar-refractivity contribution < 1.29 is 33.1 Å². The Morgan fingerprint density at radius 3 is 2.76 bits per heavy atom. The number of nitrogen functional groups attached to an aromatic ring is 1. The van der Waals surface area contributed by atoms with Crippen molar-refractivity contribution in [1.82, 2.24) is 19.5 Å². The third-order valence-electron chi connectivity index (χ3n) is 5.68. The van der Waals surface area contributed by atoms with Gasteiger partial charge >= 0.3 is 7.82 Å². The number of hydrogen-bond donors (Lipinski definition) is 3. The number of ether oxygens (including phenoxy) is 1. The minimum absolute atomic E-state index is 0.00109. The van der Waals surface area contributed by atoms with Gasteiger partial charge < -0.3 is 25.3 Å². The molecule has 0 aromatic carbocycles. The van der Waals surface area contributed by atoms with Gasteiger partial charge in [-0.25, -0.2) is 9.55 Å². The van der Waals surface area contributed by atoms with Gasteiger partial charge in [0.2, 0.25) is 5.28 Å². The lowest BCUT2D eigenvalue weighted by Gasteiger charge is -2.25. The monoisotopic (exact) mass is 449 g/mol. The van der Waals surface area contributed by atoms with Crippen LogP contribution in [0.3, 0.4) is 0 Å². The summed E-state index contributed by atoms with van der Waals surface area (Å²) < 4.78 is 34.2. The highest BCUT2D eigenvalue weighted by Crippen LogP contribution is 2.64. The predicted molar refractivity (Wildman–Crippen MR) is 100.0 cm³/mol. The van der Waals surface area contributed by atoms with Crippen LogP contribution in [-0.2, 0) is 29.4 Å². The number of imidazole rings is 1. The van der Waals surface area contributed by atoms with E-state index in [0.29, 0.717) is 17.7 Å². The molecular weight excluding hydrogens is 429 g/mol. The summed E-state index contributed by atoms with van der Waals surface area (Å²) in [4.78, 5) is 12.2. The fraction of sp³-hybridized carbons (Fsp3) is 0.667. The number of aliphatic hydroxyl groups is 2. The van der Waals surface area contributed by atoms with Gasteiger partial charge in [-0.1, -0.05) is 0 Å². The number of aromatic nitrogens is 4. The summed E-state index contributed by atoms with van der Waals surface area (Å²) in [5.41, 5.74) is 5.81. The number of phosphoric acid groups is 1. The summed E-state index contributed by atoms with van der Waals surface area (Å²) >= 11 is 5.89. The summed E-state index contributed by atoms with van der Waals surface area (Å²) in [6.45, 7) is -0.136. The average molecular weight is 450 g/mol. The number of phosphoric ester groups is 1. The molecule has 1 saturated heterocycles. The Kier molecular flexibility index (Phi) is 5.33. The normalized spacial score (nSPS) is 31.3. The van der Waals surface area contributed by atoms with Gasteiger partial charge in [-0.05, 0) is 11.6 Å². The van der Waals surface area contributed by atoms with Crippen LogP contribution >= 0.6 is 19.4 Å². The van der Waals surface area contributed by atoms with Crippen LogP contribution in [0.4, 0.5) is 5.82 Å². The topological polar surface area (TPSA) is 164 Å². The summed E-state index contributed by atoms with van der Waals surface area (Å²) in [6, 6.07) is 0. The Morgan fingerprint density at radius 1 is 1.41 bits per heavy atom. The molecule has 4 rings (SSSR count). The zero-order chi connectivity index (χ0) is 21.0. The minimum Gasteiger partial charge on any atom is -0.396 e. The standard InChI is InChI=1S/C15H21ClN5O7P/c1-25-29(24,26-2)27-4-8-10(23)15(5-22)7(11(15)28-8)3-21-6-18-9-12(17)19-14(16)20-13(9)21/h6-8,10-11,22-23H,3-5H2,1-2H3,(H2,17,19,20)/t7-,8-,10?,11?,15?/m1/s1. The van der Waals surface area contributed by atoms with Crippen molar-refractivity contribution in [3.63, 3.8) is 0 Å². The van der Waals surface area contributed by atoms with Crippen LogP contribution in [0.15, 0.2) is 6.33 Å². The van der Waals surface area contributed by atoms with E-state index < -0.39 is 31.5 Å². The zero-order valence-electron chi connectivity index (χ0n) is 15.6. The molecule has 5 atom stereocenters. The van der Waals surface area contributed by atoms with E-state index in [9.17, 15) is 14.8 Å². The molecule has 4 N–H and O–H groups in total. The molecule has 0 spiro atoms. The summed E-state index contributed by atoms with van der Waals surface area (Å²) in [5.74, 6) is -0.0383.